The Hall–Kier alpha value is -3.40. The Morgan fingerprint density at radius 2 is 1.67 bits per heavy atom. The van der Waals surface area contributed by atoms with Gasteiger partial charge in [0.25, 0.3) is 0 Å². The lowest BCUT2D eigenvalue weighted by atomic mass is 9.98. The van der Waals surface area contributed by atoms with Gasteiger partial charge in [0.15, 0.2) is 0 Å². The molecule has 170 valence electrons. The fraction of sp³-hybridized carbons (Fsp3) is 0.310. The molecule has 2 aromatic carbocycles. The van der Waals surface area contributed by atoms with Crippen molar-refractivity contribution in [3.63, 3.8) is 0 Å². The van der Waals surface area contributed by atoms with Crippen LogP contribution in [-0.2, 0) is 11.3 Å². The highest BCUT2D eigenvalue weighted by atomic mass is 16.5. The van der Waals surface area contributed by atoms with Gasteiger partial charge in [0.1, 0.15) is 18.1 Å². The van der Waals surface area contributed by atoms with E-state index >= 15 is 0 Å². The van der Waals surface area contributed by atoms with Gasteiger partial charge in [-0.1, -0.05) is 42.0 Å². The normalized spacial score (nSPS) is 13.3. The van der Waals surface area contributed by atoms with Crippen LogP contribution in [0, 0.1) is 20.8 Å². The van der Waals surface area contributed by atoms with Crippen molar-refractivity contribution >= 4 is 17.1 Å². The van der Waals surface area contributed by atoms with E-state index in [-0.39, 0.29) is 5.97 Å². The second-order valence-corrected chi connectivity index (χ2v) is 8.60. The molecule has 0 radical (unpaired) electrons. The standard InChI is InChI=1S/C29H31NO3/c1-5-32-29(31)27-14-9-13-26(30-27)23-12-8-11-22(23)24-10-6-7-15-28(24)33-18-25-20(3)16-19(2)17-21(25)4/h6-7,9-10,13-17H,5,8,11-12,18H2,1-4H3. The molecule has 4 rings (SSSR count). The molecular formula is C29H31NO3. The van der Waals surface area contributed by atoms with E-state index in [4.69, 9.17) is 9.47 Å². The molecule has 1 aromatic heterocycles. The molecule has 4 heteroatoms. The van der Waals surface area contributed by atoms with E-state index < -0.39 is 0 Å². The van der Waals surface area contributed by atoms with E-state index in [1.165, 1.54) is 33.4 Å². The van der Waals surface area contributed by atoms with E-state index in [1.54, 1.807) is 13.0 Å². The number of esters is 1. The Labute approximate surface area is 196 Å². The summed E-state index contributed by atoms with van der Waals surface area (Å²) in [5.74, 6) is 0.500. The molecule has 4 nitrogen and oxygen atoms in total. The largest absolute Gasteiger partial charge is 0.488 e. The fourth-order valence-corrected chi connectivity index (χ4v) is 4.67. The number of nitrogens with zero attached hydrogens (tertiary/aromatic N) is 1. The quantitative estimate of drug-likeness (QED) is 0.376. The first-order valence-corrected chi connectivity index (χ1v) is 11.6. The van der Waals surface area contributed by atoms with Crippen LogP contribution in [0.1, 0.15) is 70.2 Å². The number of hydrogen-bond donors (Lipinski definition) is 0. The SMILES string of the molecule is CCOC(=O)c1cccc(C2=C(c3ccccc3OCc3c(C)cc(C)cc3C)CCC2)n1. The fourth-order valence-electron chi connectivity index (χ4n) is 4.67. The van der Waals surface area contributed by atoms with Crippen molar-refractivity contribution in [3.8, 4) is 5.75 Å². The molecule has 1 aliphatic carbocycles. The lowest BCUT2D eigenvalue weighted by Gasteiger charge is -2.17. The highest BCUT2D eigenvalue weighted by Crippen LogP contribution is 2.42. The van der Waals surface area contributed by atoms with Gasteiger partial charge >= 0.3 is 5.97 Å². The van der Waals surface area contributed by atoms with Crippen molar-refractivity contribution in [1.29, 1.82) is 0 Å². The minimum atomic E-state index is -0.382. The zero-order chi connectivity index (χ0) is 23.4. The van der Waals surface area contributed by atoms with Crippen LogP contribution in [0.25, 0.3) is 11.1 Å². The predicted molar refractivity (Wildman–Crippen MR) is 132 cm³/mol. The number of aryl methyl sites for hydroxylation is 3. The van der Waals surface area contributed by atoms with Crippen molar-refractivity contribution in [2.75, 3.05) is 6.61 Å². The first kappa shape index (κ1) is 22.8. The van der Waals surface area contributed by atoms with Crippen LogP contribution in [0.2, 0.25) is 0 Å². The van der Waals surface area contributed by atoms with Crippen molar-refractivity contribution in [3.05, 3.63) is 93.8 Å². The molecule has 0 atom stereocenters. The Bertz CT molecular complexity index is 1190. The lowest BCUT2D eigenvalue weighted by Crippen LogP contribution is -2.08. The summed E-state index contributed by atoms with van der Waals surface area (Å²) < 4.78 is 11.5. The molecule has 0 saturated carbocycles. The summed E-state index contributed by atoms with van der Waals surface area (Å²) in [6.07, 6.45) is 2.95. The summed E-state index contributed by atoms with van der Waals surface area (Å²) >= 11 is 0. The third-order valence-corrected chi connectivity index (χ3v) is 6.19. The number of allylic oxidation sites excluding steroid dienone is 2. The maximum absolute atomic E-state index is 12.2. The van der Waals surface area contributed by atoms with Crippen LogP contribution in [-0.4, -0.2) is 17.6 Å². The monoisotopic (exact) mass is 441 g/mol. The third kappa shape index (κ3) is 5.00. The van der Waals surface area contributed by atoms with Gasteiger partial charge in [0, 0.05) is 5.56 Å². The molecule has 0 spiro atoms. The van der Waals surface area contributed by atoms with Crippen molar-refractivity contribution < 1.29 is 14.3 Å². The second kappa shape index (κ2) is 10.0. The number of rotatable bonds is 7. The molecule has 0 aliphatic heterocycles. The number of carbonyl (C=O) groups excluding carboxylic acids is 1. The van der Waals surface area contributed by atoms with E-state index in [0.29, 0.717) is 18.9 Å². The molecule has 0 fully saturated rings. The summed E-state index contributed by atoms with van der Waals surface area (Å²) in [6.45, 7) is 9.08. The summed E-state index contributed by atoms with van der Waals surface area (Å²) in [5, 5.41) is 0. The zero-order valence-electron chi connectivity index (χ0n) is 19.9. The Kier molecular flexibility index (Phi) is 6.93. The van der Waals surface area contributed by atoms with Gasteiger partial charge < -0.3 is 9.47 Å². The maximum Gasteiger partial charge on any atom is 0.356 e. The minimum Gasteiger partial charge on any atom is -0.488 e. The van der Waals surface area contributed by atoms with Gasteiger partial charge in [-0.05, 0) is 93.0 Å². The molecule has 1 aliphatic rings. The number of ether oxygens (including phenoxy) is 2. The van der Waals surface area contributed by atoms with Crippen molar-refractivity contribution in [2.45, 2.75) is 53.6 Å². The van der Waals surface area contributed by atoms with Crippen LogP contribution in [0.5, 0.6) is 5.75 Å². The molecular weight excluding hydrogens is 410 g/mol. The summed E-state index contributed by atoms with van der Waals surface area (Å²) in [7, 11) is 0. The van der Waals surface area contributed by atoms with Gasteiger partial charge in [-0.2, -0.15) is 0 Å². The number of para-hydroxylation sites is 1. The van der Waals surface area contributed by atoms with Crippen molar-refractivity contribution in [1.82, 2.24) is 4.98 Å². The number of benzene rings is 2. The van der Waals surface area contributed by atoms with E-state index in [0.717, 1.165) is 36.3 Å². The zero-order valence-corrected chi connectivity index (χ0v) is 19.9. The molecule has 33 heavy (non-hydrogen) atoms. The van der Waals surface area contributed by atoms with Crippen LogP contribution in [0.3, 0.4) is 0 Å². The molecule has 0 bridgehead atoms. The summed E-state index contributed by atoms with van der Waals surface area (Å²) in [5.41, 5.74) is 9.74. The Morgan fingerprint density at radius 1 is 0.939 bits per heavy atom. The smallest absolute Gasteiger partial charge is 0.356 e. The maximum atomic E-state index is 12.2. The summed E-state index contributed by atoms with van der Waals surface area (Å²) in [6, 6.07) is 18.2. The van der Waals surface area contributed by atoms with Crippen LogP contribution in [0.4, 0.5) is 0 Å². The highest BCUT2D eigenvalue weighted by Gasteiger charge is 2.22. The minimum absolute atomic E-state index is 0.337. The molecule has 0 N–H and O–H groups in total. The molecule has 0 unspecified atom stereocenters. The number of aromatic nitrogens is 1. The van der Waals surface area contributed by atoms with Crippen LogP contribution < -0.4 is 4.74 Å². The van der Waals surface area contributed by atoms with E-state index in [1.807, 2.05) is 24.3 Å². The Morgan fingerprint density at radius 3 is 2.42 bits per heavy atom. The highest BCUT2D eigenvalue weighted by molar-refractivity contribution is 5.94. The van der Waals surface area contributed by atoms with Crippen LogP contribution >= 0.6 is 0 Å². The van der Waals surface area contributed by atoms with Gasteiger partial charge in [-0.25, -0.2) is 9.78 Å². The average molecular weight is 442 g/mol. The second-order valence-electron chi connectivity index (χ2n) is 8.60. The molecule has 0 amide bonds. The predicted octanol–water partition coefficient (Wildman–Crippen LogP) is 6.86. The number of hydrogen-bond acceptors (Lipinski definition) is 4. The molecule has 0 saturated heterocycles. The number of pyridine rings is 1. The average Bonchev–Trinajstić information content (AvgIpc) is 3.29. The van der Waals surface area contributed by atoms with Gasteiger partial charge in [-0.15, -0.1) is 0 Å². The third-order valence-electron chi connectivity index (χ3n) is 6.19. The van der Waals surface area contributed by atoms with E-state index in [9.17, 15) is 4.79 Å². The van der Waals surface area contributed by atoms with Gasteiger partial charge in [-0.3, -0.25) is 0 Å². The Balaban J connectivity index is 1.66. The van der Waals surface area contributed by atoms with Crippen LogP contribution in [0.15, 0.2) is 54.6 Å². The lowest BCUT2D eigenvalue weighted by molar-refractivity contribution is 0.0519. The first-order chi connectivity index (χ1) is 16.0. The topological polar surface area (TPSA) is 48.4 Å². The number of carbonyl (C=O) groups is 1. The van der Waals surface area contributed by atoms with E-state index in [2.05, 4.69) is 50.0 Å². The van der Waals surface area contributed by atoms with Crippen molar-refractivity contribution in [2.24, 2.45) is 0 Å². The first-order valence-electron chi connectivity index (χ1n) is 11.6. The molecule has 3 aromatic rings. The van der Waals surface area contributed by atoms with Gasteiger partial charge in [0.2, 0.25) is 0 Å². The summed E-state index contributed by atoms with van der Waals surface area (Å²) in [4.78, 5) is 16.8. The van der Waals surface area contributed by atoms with Gasteiger partial charge in [0.05, 0.1) is 12.3 Å². The molecule has 1 heterocycles.